The molecule has 0 unspecified atom stereocenters. The Bertz CT molecular complexity index is 1820. The first-order valence-electron chi connectivity index (χ1n) is 12.9. The summed E-state index contributed by atoms with van der Waals surface area (Å²) in [6.07, 6.45) is 0.465. The van der Waals surface area contributed by atoms with Crippen molar-refractivity contribution in [2.24, 2.45) is 0 Å². The quantitative estimate of drug-likeness (QED) is 0.211. The van der Waals surface area contributed by atoms with Crippen LogP contribution in [-0.4, -0.2) is 22.7 Å². The molecule has 0 bridgehead atoms. The van der Waals surface area contributed by atoms with Crippen LogP contribution in [0.1, 0.15) is 28.5 Å². The van der Waals surface area contributed by atoms with Crippen molar-refractivity contribution in [1.82, 2.24) is 4.98 Å². The average Bonchev–Trinajstić information content (AvgIpc) is 3.31. The second kappa shape index (κ2) is 10.3. The third kappa shape index (κ3) is 4.75. The van der Waals surface area contributed by atoms with Crippen LogP contribution in [0.2, 0.25) is 5.02 Å². The number of aromatic amines is 1. The molecule has 0 radical (unpaired) electrons. The zero-order valence-electron chi connectivity index (χ0n) is 21.4. The molecular formula is C34H26ClNO3. The number of ether oxygens (including phenoxy) is 1. The highest BCUT2D eigenvalue weighted by molar-refractivity contribution is 6.30. The van der Waals surface area contributed by atoms with Crippen molar-refractivity contribution in [3.05, 3.63) is 125 Å². The van der Waals surface area contributed by atoms with Gasteiger partial charge in [0.05, 0.1) is 17.7 Å². The molecule has 0 aliphatic carbocycles. The number of carbonyl (C=O) groups is 1. The van der Waals surface area contributed by atoms with E-state index in [9.17, 15) is 9.90 Å². The van der Waals surface area contributed by atoms with Crippen LogP contribution in [0.25, 0.3) is 43.9 Å². The maximum atomic E-state index is 13.1. The maximum absolute atomic E-state index is 13.1. The molecular weight excluding hydrogens is 506 g/mol. The fourth-order valence-corrected chi connectivity index (χ4v) is 5.41. The number of phenolic OH excluding ortho intramolecular Hbond substituents is 1. The number of aromatic nitrogens is 1. The molecule has 0 saturated heterocycles. The number of phenols is 1. The first kappa shape index (κ1) is 24.8. The molecule has 0 spiro atoms. The Kier molecular flexibility index (Phi) is 6.55. The second-order valence-corrected chi connectivity index (χ2v) is 9.96. The van der Waals surface area contributed by atoms with Gasteiger partial charge >= 0.3 is 5.97 Å². The number of esters is 1. The van der Waals surface area contributed by atoms with E-state index in [0.29, 0.717) is 27.8 Å². The van der Waals surface area contributed by atoms with Gasteiger partial charge in [0.2, 0.25) is 0 Å². The number of rotatable bonds is 6. The molecule has 4 nitrogen and oxygen atoms in total. The zero-order valence-corrected chi connectivity index (χ0v) is 22.1. The minimum Gasteiger partial charge on any atom is -0.507 e. The monoisotopic (exact) mass is 531 g/mol. The number of halogens is 1. The summed E-state index contributed by atoms with van der Waals surface area (Å²) in [6.45, 7) is 2.04. The predicted molar refractivity (Wildman–Crippen MR) is 159 cm³/mol. The Morgan fingerprint density at radius 3 is 2.18 bits per heavy atom. The lowest BCUT2D eigenvalue weighted by Gasteiger charge is -2.09. The van der Waals surface area contributed by atoms with E-state index in [2.05, 4.69) is 47.4 Å². The number of carbonyl (C=O) groups excluding carboxylic acids is 1. The molecule has 5 aromatic carbocycles. The van der Waals surface area contributed by atoms with Crippen LogP contribution in [0.5, 0.6) is 5.75 Å². The number of aromatic hydroxyl groups is 1. The lowest BCUT2D eigenvalue weighted by molar-refractivity contribution is 0.0527. The summed E-state index contributed by atoms with van der Waals surface area (Å²) >= 11 is 6.23. The molecule has 0 saturated carbocycles. The van der Waals surface area contributed by atoms with Crippen LogP contribution in [0, 0.1) is 0 Å². The Balaban J connectivity index is 1.49. The average molecular weight is 532 g/mol. The predicted octanol–water partition coefficient (Wildman–Crippen LogP) is 8.78. The Morgan fingerprint density at radius 2 is 1.46 bits per heavy atom. The molecule has 0 atom stereocenters. The summed E-state index contributed by atoms with van der Waals surface area (Å²) in [6, 6.07) is 33.9. The van der Waals surface area contributed by atoms with E-state index in [1.807, 2.05) is 54.6 Å². The van der Waals surface area contributed by atoms with Gasteiger partial charge in [0.25, 0.3) is 0 Å². The number of benzene rings is 5. The largest absolute Gasteiger partial charge is 0.507 e. The van der Waals surface area contributed by atoms with Crippen molar-refractivity contribution in [3.8, 4) is 28.0 Å². The van der Waals surface area contributed by atoms with Gasteiger partial charge in [-0.3, -0.25) is 0 Å². The van der Waals surface area contributed by atoms with Crippen LogP contribution in [0.3, 0.4) is 0 Å². The van der Waals surface area contributed by atoms with Crippen molar-refractivity contribution in [2.75, 3.05) is 6.61 Å². The molecule has 0 fully saturated rings. The highest BCUT2D eigenvalue weighted by Gasteiger charge is 2.23. The van der Waals surface area contributed by atoms with Gasteiger partial charge < -0.3 is 14.8 Å². The van der Waals surface area contributed by atoms with Crippen LogP contribution < -0.4 is 0 Å². The molecule has 6 rings (SSSR count). The minimum absolute atomic E-state index is 0.113. The highest BCUT2D eigenvalue weighted by atomic mass is 35.5. The lowest BCUT2D eigenvalue weighted by atomic mass is 9.96. The smallest absolute Gasteiger partial charge is 0.340 e. The number of hydrogen-bond donors (Lipinski definition) is 2. The van der Waals surface area contributed by atoms with E-state index < -0.39 is 5.97 Å². The molecule has 1 aromatic heterocycles. The highest BCUT2D eigenvalue weighted by Crippen LogP contribution is 2.38. The van der Waals surface area contributed by atoms with Crippen molar-refractivity contribution in [3.63, 3.8) is 0 Å². The van der Waals surface area contributed by atoms with Gasteiger partial charge in [0, 0.05) is 33.3 Å². The SMILES string of the molecule is CCOC(=O)c1c(Cc2cccc(Cl)c2)[nH]c2c1cc(O)c1ccc(-c3ccc(-c4ccccc4)cc3)cc12. The molecule has 5 heteroatoms. The summed E-state index contributed by atoms with van der Waals surface area (Å²) in [5.74, 6) is -0.311. The second-order valence-electron chi connectivity index (χ2n) is 9.53. The Labute approximate surface area is 231 Å². The number of H-pyrrole nitrogens is 1. The van der Waals surface area contributed by atoms with Gasteiger partial charge in [-0.15, -0.1) is 0 Å². The molecule has 0 aliphatic heterocycles. The summed E-state index contributed by atoms with van der Waals surface area (Å²) in [7, 11) is 0. The molecule has 0 aliphatic rings. The van der Waals surface area contributed by atoms with E-state index in [1.165, 1.54) is 5.56 Å². The minimum atomic E-state index is -0.424. The molecule has 2 N–H and O–H groups in total. The van der Waals surface area contributed by atoms with Gasteiger partial charge in [0.1, 0.15) is 5.75 Å². The van der Waals surface area contributed by atoms with E-state index >= 15 is 0 Å². The lowest BCUT2D eigenvalue weighted by Crippen LogP contribution is -2.07. The van der Waals surface area contributed by atoms with E-state index in [0.717, 1.165) is 38.9 Å². The van der Waals surface area contributed by atoms with Crippen LogP contribution in [-0.2, 0) is 11.2 Å². The zero-order chi connectivity index (χ0) is 26.9. The van der Waals surface area contributed by atoms with Crippen molar-refractivity contribution in [2.45, 2.75) is 13.3 Å². The summed E-state index contributed by atoms with van der Waals surface area (Å²) in [4.78, 5) is 16.6. The standard InChI is InChI=1S/C34H26ClNO3/c1-2-39-34(38)32-29-20-31(37)27-16-15-25(24-13-11-23(12-14-24)22-8-4-3-5-9-22)19-28(27)33(29)36-30(32)18-21-7-6-10-26(35)17-21/h3-17,19-20,36-37H,2,18H2,1H3. The molecule has 39 heavy (non-hydrogen) atoms. The molecule has 1 heterocycles. The summed E-state index contributed by atoms with van der Waals surface area (Å²) < 4.78 is 5.42. The third-order valence-electron chi connectivity index (χ3n) is 7.04. The molecule has 192 valence electrons. The Hall–Kier alpha value is -4.54. The van der Waals surface area contributed by atoms with E-state index in [4.69, 9.17) is 16.3 Å². The van der Waals surface area contributed by atoms with Crippen LogP contribution in [0.15, 0.2) is 103 Å². The van der Waals surface area contributed by atoms with Gasteiger partial charge in [-0.05, 0) is 65.1 Å². The first-order chi connectivity index (χ1) is 19.0. The normalized spacial score (nSPS) is 11.2. The van der Waals surface area contributed by atoms with Crippen molar-refractivity contribution < 1.29 is 14.6 Å². The fraction of sp³-hybridized carbons (Fsp3) is 0.0882. The number of hydrogen-bond acceptors (Lipinski definition) is 3. The fourth-order valence-electron chi connectivity index (χ4n) is 5.20. The van der Waals surface area contributed by atoms with Gasteiger partial charge in [-0.1, -0.05) is 84.4 Å². The summed E-state index contributed by atoms with van der Waals surface area (Å²) in [5.41, 5.74) is 7.28. The maximum Gasteiger partial charge on any atom is 0.340 e. The number of nitrogens with one attached hydrogen (secondary N) is 1. The first-order valence-corrected chi connectivity index (χ1v) is 13.3. The third-order valence-corrected chi connectivity index (χ3v) is 7.27. The van der Waals surface area contributed by atoms with Gasteiger partial charge in [0.15, 0.2) is 0 Å². The molecule has 0 amide bonds. The van der Waals surface area contributed by atoms with Crippen molar-refractivity contribution >= 4 is 39.2 Å². The van der Waals surface area contributed by atoms with Gasteiger partial charge in [-0.25, -0.2) is 4.79 Å². The van der Waals surface area contributed by atoms with Crippen LogP contribution in [0.4, 0.5) is 0 Å². The number of fused-ring (bicyclic) bond motifs is 3. The van der Waals surface area contributed by atoms with Crippen LogP contribution >= 0.6 is 11.6 Å². The van der Waals surface area contributed by atoms with Crippen molar-refractivity contribution in [1.29, 1.82) is 0 Å². The summed E-state index contributed by atoms with van der Waals surface area (Å²) in [5, 5.41) is 13.8. The van der Waals surface area contributed by atoms with Gasteiger partial charge in [-0.2, -0.15) is 0 Å². The topological polar surface area (TPSA) is 62.3 Å². The van der Waals surface area contributed by atoms with E-state index in [1.54, 1.807) is 13.0 Å². The van der Waals surface area contributed by atoms with E-state index in [-0.39, 0.29) is 12.4 Å². The Morgan fingerprint density at radius 1 is 0.769 bits per heavy atom. The molecule has 6 aromatic rings.